The molecule has 0 aromatic rings. The number of hydrogen-bond acceptors (Lipinski definition) is 4. The van der Waals surface area contributed by atoms with Crippen LogP contribution in [-0.4, -0.2) is 18.5 Å². The van der Waals surface area contributed by atoms with Crippen molar-refractivity contribution in [1.82, 2.24) is 0 Å². The van der Waals surface area contributed by atoms with Gasteiger partial charge in [0, 0.05) is 13.3 Å². The molecule has 22 heavy (non-hydrogen) atoms. The molecular weight excluding hydrogens is 280 g/mol. The van der Waals surface area contributed by atoms with Crippen LogP contribution in [0.15, 0.2) is 11.3 Å². The lowest BCUT2D eigenvalue weighted by atomic mass is 9.83. The lowest BCUT2D eigenvalue weighted by Gasteiger charge is -2.23. The lowest BCUT2D eigenvalue weighted by molar-refractivity contribution is -0.145. The molecule has 0 radical (unpaired) electrons. The molecule has 0 unspecified atom stereocenters. The van der Waals surface area contributed by atoms with Gasteiger partial charge in [-0.2, -0.15) is 0 Å². The van der Waals surface area contributed by atoms with E-state index < -0.39 is 0 Å². The van der Waals surface area contributed by atoms with Crippen molar-refractivity contribution in [3.05, 3.63) is 11.3 Å². The lowest BCUT2D eigenvalue weighted by Crippen LogP contribution is -2.19. The topological polar surface area (TPSA) is 52.6 Å². The van der Waals surface area contributed by atoms with E-state index in [9.17, 15) is 9.59 Å². The fourth-order valence-electron chi connectivity index (χ4n) is 2.97. The zero-order valence-corrected chi connectivity index (χ0v) is 14.5. The van der Waals surface area contributed by atoms with Gasteiger partial charge in [0.2, 0.25) is 0 Å². The molecule has 4 heteroatoms. The summed E-state index contributed by atoms with van der Waals surface area (Å²) in [5.41, 5.74) is 1.29. The normalized spacial score (nSPS) is 15.1. The summed E-state index contributed by atoms with van der Waals surface area (Å²) in [6.07, 6.45) is 7.66. The molecule has 0 N–H and O–H groups in total. The number of carbonyl (C=O) groups excluding carboxylic acids is 2. The maximum atomic E-state index is 11.6. The van der Waals surface area contributed by atoms with Crippen molar-refractivity contribution >= 4 is 11.9 Å². The number of carbonyl (C=O) groups is 2. The number of esters is 2. The van der Waals surface area contributed by atoms with Crippen LogP contribution in [0.3, 0.4) is 0 Å². The first-order valence-corrected chi connectivity index (χ1v) is 8.39. The smallest absolute Gasteiger partial charge is 0.307 e. The third kappa shape index (κ3) is 7.10. The number of allylic oxidation sites excluding steroid dienone is 2. The van der Waals surface area contributed by atoms with Crippen molar-refractivity contribution < 1.29 is 19.1 Å². The molecule has 0 saturated heterocycles. The van der Waals surface area contributed by atoms with Crippen LogP contribution in [0.2, 0.25) is 0 Å². The van der Waals surface area contributed by atoms with E-state index in [0.29, 0.717) is 13.0 Å². The van der Waals surface area contributed by atoms with Gasteiger partial charge in [-0.25, -0.2) is 0 Å². The minimum absolute atomic E-state index is 0.0188. The Bertz CT molecular complexity index is 421. The molecule has 0 spiro atoms. The highest BCUT2D eigenvalue weighted by Crippen LogP contribution is 2.33. The molecule has 0 saturated carbocycles. The van der Waals surface area contributed by atoms with Gasteiger partial charge in [0.25, 0.3) is 0 Å². The van der Waals surface area contributed by atoms with Gasteiger partial charge in [0.1, 0.15) is 5.76 Å². The van der Waals surface area contributed by atoms with E-state index >= 15 is 0 Å². The van der Waals surface area contributed by atoms with Crippen LogP contribution in [0.25, 0.3) is 0 Å². The van der Waals surface area contributed by atoms with Crippen LogP contribution in [0.4, 0.5) is 0 Å². The molecule has 0 bridgehead atoms. The largest absolute Gasteiger partial charge is 0.466 e. The van der Waals surface area contributed by atoms with Gasteiger partial charge in [0.05, 0.1) is 13.0 Å². The molecule has 126 valence electrons. The average molecular weight is 310 g/mol. The van der Waals surface area contributed by atoms with Crippen LogP contribution < -0.4 is 0 Å². The van der Waals surface area contributed by atoms with Crippen molar-refractivity contribution in [2.45, 2.75) is 79.1 Å². The quantitative estimate of drug-likeness (QED) is 0.464. The summed E-state index contributed by atoms with van der Waals surface area (Å²) in [5, 5.41) is 0. The highest BCUT2D eigenvalue weighted by atomic mass is 16.5. The molecule has 0 heterocycles. The summed E-state index contributed by atoms with van der Waals surface area (Å²) >= 11 is 0. The Hall–Kier alpha value is -1.32. The minimum atomic E-state index is -0.218. The second-order valence-electron chi connectivity index (χ2n) is 6.83. The van der Waals surface area contributed by atoms with Gasteiger partial charge in [-0.1, -0.05) is 20.3 Å². The van der Waals surface area contributed by atoms with Crippen molar-refractivity contribution in [2.24, 2.45) is 5.41 Å². The third-order valence-corrected chi connectivity index (χ3v) is 4.05. The number of unbranched alkanes of at least 4 members (excludes halogenated alkanes) is 1. The number of hydrogen-bond donors (Lipinski definition) is 0. The van der Waals surface area contributed by atoms with Crippen LogP contribution >= 0.6 is 0 Å². The molecule has 0 aromatic heterocycles. The maximum Gasteiger partial charge on any atom is 0.307 e. The Balaban J connectivity index is 2.32. The Labute approximate surface area is 134 Å². The summed E-state index contributed by atoms with van der Waals surface area (Å²) in [4.78, 5) is 22.6. The first-order chi connectivity index (χ1) is 10.3. The molecule has 0 fully saturated rings. The molecule has 0 aromatic carbocycles. The molecule has 1 aliphatic carbocycles. The molecule has 1 aliphatic rings. The summed E-state index contributed by atoms with van der Waals surface area (Å²) in [7, 11) is 0. The molecule has 1 rings (SSSR count). The summed E-state index contributed by atoms with van der Waals surface area (Å²) in [6, 6.07) is 0. The van der Waals surface area contributed by atoms with Crippen LogP contribution in [0.5, 0.6) is 0 Å². The van der Waals surface area contributed by atoms with Gasteiger partial charge >= 0.3 is 11.9 Å². The van der Waals surface area contributed by atoms with Crippen molar-refractivity contribution in [1.29, 1.82) is 0 Å². The standard InChI is InChI=1S/C18H30O4/c1-5-21-17(20)13-18(3,4)12-7-6-9-15-10-8-11-16(15)22-14(2)19/h5-13H2,1-4H3. The fraction of sp³-hybridized carbons (Fsp3) is 0.778. The molecule has 4 nitrogen and oxygen atoms in total. The van der Waals surface area contributed by atoms with Crippen molar-refractivity contribution in [2.75, 3.05) is 6.61 Å². The monoisotopic (exact) mass is 310 g/mol. The van der Waals surface area contributed by atoms with E-state index in [1.54, 1.807) is 0 Å². The second kappa shape index (κ2) is 8.96. The van der Waals surface area contributed by atoms with E-state index in [-0.39, 0.29) is 17.4 Å². The second-order valence-corrected chi connectivity index (χ2v) is 6.83. The zero-order valence-electron chi connectivity index (χ0n) is 14.5. The highest BCUT2D eigenvalue weighted by molar-refractivity contribution is 5.70. The molecule has 0 amide bonds. The van der Waals surface area contributed by atoms with Crippen LogP contribution in [-0.2, 0) is 19.1 Å². The third-order valence-electron chi connectivity index (χ3n) is 4.05. The number of rotatable bonds is 9. The van der Waals surface area contributed by atoms with E-state index in [0.717, 1.165) is 50.7 Å². The predicted octanol–water partition coefficient (Wildman–Crippen LogP) is 4.53. The SMILES string of the molecule is CCOC(=O)CC(C)(C)CCCCC1=C(OC(C)=O)CCC1. The summed E-state index contributed by atoms with van der Waals surface area (Å²) in [5.74, 6) is 0.575. The predicted molar refractivity (Wildman–Crippen MR) is 86.1 cm³/mol. The fourth-order valence-corrected chi connectivity index (χ4v) is 2.97. The molecular formula is C18H30O4. The van der Waals surface area contributed by atoms with Gasteiger partial charge in [-0.15, -0.1) is 0 Å². The maximum absolute atomic E-state index is 11.6. The Morgan fingerprint density at radius 3 is 2.55 bits per heavy atom. The van der Waals surface area contributed by atoms with E-state index in [2.05, 4.69) is 13.8 Å². The number of ether oxygens (including phenoxy) is 2. The minimum Gasteiger partial charge on any atom is -0.466 e. The summed E-state index contributed by atoms with van der Waals surface area (Å²) < 4.78 is 10.3. The Kier molecular flexibility index (Phi) is 7.63. The molecule has 0 aliphatic heterocycles. The van der Waals surface area contributed by atoms with E-state index in [1.807, 2.05) is 6.92 Å². The first kappa shape index (κ1) is 18.7. The Morgan fingerprint density at radius 2 is 1.91 bits per heavy atom. The van der Waals surface area contributed by atoms with Gasteiger partial charge in [-0.3, -0.25) is 9.59 Å². The van der Waals surface area contributed by atoms with Gasteiger partial charge in [0.15, 0.2) is 0 Å². The molecule has 0 atom stereocenters. The van der Waals surface area contributed by atoms with Crippen LogP contribution in [0.1, 0.15) is 79.1 Å². The van der Waals surface area contributed by atoms with Gasteiger partial charge in [-0.05, 0) is 50.0 Å². The van der Waals surface area contributed by atoms with E-state index in [4.69, 9.17) is 9.47 Å². The average Bonchev–Trinajstić information content (AvgIpc) is 2.81. The summed E-state index contributed by atoms with van der Waals surface area (Å²) in [6.45, 7) is 7.97. The zero-order chi connectivity index (χ0) is 16.6. The first-order valence-electron chi connectivity index (χ1n) is 8.39. The highest BCUT2D eigenvalue weighted by Gasteiger charge is 2.23. The van der Waals surface area contributed by atoms with Crippen molar-refractivity contribution in [3.8, 4) is 0 Å². The van der Waals surface area contributed by atoms with Crippen LogP contribution in [0, 0.1) is 5.41 Å². The van der Waals surface area contributed by atoms with Crippen molar-refractivity contribution in [3.63, 3.8) is 0 Å². The van der Waals surface area contributed by atoms with E-state index in [1.165, 1.54) is 12.5 Å². The Morgan fingerprint density at radius 1 is 1.18 bits per heavy atom. The van der Waals surface area contributed by atoms with Gasteiger partial charge < -0.3 is 9.47 Å².